The minimum atomic E-state index is -1.43. The first-order valence-electron chi connectivity index (χ1n) is 23.5. The molecule has 1 saturated carbocycles. The van der Waals surface area contributed by atoms with Gasteiger partial charge in [-0.15, -0.1) is 18.3 Å². The number of amides is 1. The fourth-order valence-corrected chi connectivity index (χ4v) is 11.3. The van der Waals surface area contributed by atoms with Crippen molar-refractivity contribution in [2.24, 2.45) is 22.9 Å². The van der Waals surface area contributed by atoms with Crippen LogP contribution in [0.5, 0.6) is 11.5 Å². The first-order valence-corrected chi connectivity index (χ1v) is 24.4. The van der Waals surface area contributed by atoms with E-state index >= 15 is 0 Å². The number of allylic oxidation sites excluding steroid dienone is 1. The maximum atomic E-state index is 14.5. The normalized spacial score (nSPS) is 25.2. The summed E-state index contributed by atoms with van der Waals surface area (Å²) < 4.78 is 32.8. The maximum Gasteiger partial charge on any atom is 0.410 e. The zero-order valence-electron chi connectivity index (χ0n) is 37.6. The lowest BCUT2D eigenvalue weighted by molar-refractivity contribution is -0.256. The second-order valence-corrected chi connectivity index (χ2v) is 18.6. The molecule has 7 unspecified atom stereocenters. The predicted molar refractivity (Wildman–Crippen MR) is 254 cm³/mol. The van der Waals surface area contributed by atoms with Crippen LogP contribution in [0.3, 0.4) is 0 Å². The number of aliphatic hydroxyl groups excluding tert-OH is 2. The Labute approximate surface area is 387 Å². The third-order valence-corrected chi connectivity index (χ3v) is 14.4. The van der Waals surface area contributed by atoms with E-state index in [2.05, 4.69) is 55.1 Å². The van der Waals surface area contributed by atoms with E-state index < -0.39 is 30.1 Å². The van der Waals surface area contributed by atoms with Crippen molar-refractivity contribution in [2.45, 2.75) is 99.7 Å². The summed E-state index contributed by atoms with van der Waals surface area (Å²) in [7, 11) is 1.41. The van der Waals surface area contributed by atoms with Crippen LogP contribution in [-0.2, 0) is 25.6 Å². The number of hydrogen-bond donors (Lipinski definition) is 2. The molecule has 2 N–H and O–H groups in total. The lowest BCUT2D eigenvalue weighted by Gasteiger charge is -2.59. The molecule has 65 heavy (non-hydrogen) atoms. The van der Waals surface area contributed by atoms with Gasteiger partial charge in [-0.3, -0.25) is 4.90 Å². The van der Waals surface area contributed by atoms with Crippen molar-refractivity contribution in [2.75, 3.05) is 45.9 Å². The number of carbonyl (C=O) groups is 1. The number of thioether (sulfide) groups is 1. The van der Waals surface area contributed by atoms with Crippen molar-refractivity contribution >= 4 is 34.3 Å². The highest BCUT2D eigenvalue weighted by atomic mass is 32.2. The van der Waals surface area contributed by atoms with Gasteiger partial charge in [0.2, 0.25) is 12.1 Å². The van der Waals surface area contributed by atoms with Gasteiger partial charge in [0.15, 0.2) is 0 Å². The minimum absolute atomic E-state index is 0.0690. The Hall–Kier alpha value is -4.85. The minimum Gasteiger partial charge on any atom is -0.493 e. The molecule has 4 aliphatic rings. The van der Waals surface area contributed by atoms with Gasteiger partial charge in [-0.05, 0) is 103 Å². The van der Waals surface area contributed by atoms with Crippen LogP contribution in [0.2, 0.25) is 0 Å². The molecule has 2 heterocycles. The van der Waals surface area contributed by atoms with Crippen LogP contribution >= 0.6 is 11.8 Å². The van der Waals surface area contributed by atoms with Crippen LogP contribution in [0.4, 0.5) is 4.79 Å². The lowest BCUT2D eigenvalue weighted by atomic mass is 9.55. The number of methoxy groups -OCH3 is 1. The quantitative estimate of drug-likeness (QED) is 0.0361. The summed E-state index contributed by atoms with van der Waals surface area (Å²) in [5.41, 5.74) is 3.63. The van der Waals surface area contributed by atoms with E-state index in [1.165, 1.54) is 12.0 Å². The Bertz CT molecular complexity index is 2260. The second-order valence-electron chi connectivity index (χ2n) is 17.4. The number of oxime groups is 1. The van der Waals surface area contributed by atoms with Gasteiger partial charge in [-0.2, -0.15) is 0 Å². The van der Waals surface area contributed by atoms with E-state index in [1.54, 1.807) is 22.7 Å². The SMILES string of the molecule is C=CCOC12Oc3ccc(OCCSc4ccccc4)cc3C3C(CCCCO)C(CCCCO)C=C(C(=NOC4CCCCO4)CC1N(Cc1cccc4ccccc14)C(=O)OC)C32. The highest BCUT2D eigenvalue weighted by Crippen LogP contribution is 2.62. The van der Waals surface area contributed by atoms with E-state index in [-0.39, 0.29) is 50.5 Å². The molecule has 0 aromatic heterocycles. The highest BCUT2D eigenvalue weighted by Gasteiger charge is 2.65. The van der Waals surface area contributed by atoms with Crippen LogP contribution in [0.15, 0.2) is 125 Å². The maximum absolute atomic E-state index is 14.5. The number of carbonyl (C=O) groups excluding carboxylic acids is 1. The number of aliphatic hydroxyl groups is 2. The molecule has 8 rings (SSSR count). The summed E-state index contributed by atoms with van der Waals surface area (Å²) >= 11 is 1.75. The van der Waals surface area contributed by atoms with Crippen LogP contribution in [0.1, 0.15) is 81.3 Å². The fraction of sp³-hybridized carbons (Fsp3) is 0.472. The van der Waals surface area contributed by atoms with Gasteiger partial charge < -0.3 is 38.7 Å². The first-order chi connectivity index (χ1) is 32.0. The standard InChI is InChI=1S/C53H64N2O9S/c1-3-29-62-53-48(55(52(58)59-2)36-39-19-15-18-37-16-7-8-22-42(37)39)35-46(54-64-49-24-11-14-30-61-49)44-33-38(17-9-12-27-56)43(23-10-13-28-57)50(51(44)53)45-34-40(25-26-47(45)63-53)60-31-32-65-41-20-5-4-6-21-41/h3-8,15-16,18-22,25-26,33-34,38,43,48-51,56-57H,1,9-14,17,23-24,27-32,35-36H2,2H3. The molecule has 2 aliphatic carbocycles. The van der Waals surface area contributed by atoms with Crippen molar-refractivity contribution in [3.8, 4) is 11.5 Å². The van der Waals surface area contributed by atoms with E-state index in [4.69, 9.17) is 33.7 Å². The van der Waals surface area contributed by atoms with Crippen molar-refractivity contribution < 1.29 is 43.5 Å². The molecule has 1 amide bonds. The van der Waals surface area contributed by atoms with E-state index in [9.17, 15) is 15.0 Å². The Morgan fingerprint density at radius 2 is 1.77 bits per heavy atom. The Morgan fingerprint density at radius 3 is 2.55 bits per heavy atom. The summed E-state index contributed by atoms with van der Waals surface area (Å²) in [5.74, 6) is 0.241. The summed E-state index contributed by atoms with van der Waals surface area (Å²) in [6, 6.07) is 30.0. The molecule has 2 fully saturated rings. The molecule has 11 nitrogen and oxygen atoms in total. The Morgan fingerprint density at radius 1 is 0.969 bits per heavy atom. The van der Waals surface area contributed by atoms with Crippen molar-refractivity contribution in [3.05, 3.63) is 126 Å². The summed E-state index contributed by atoms with van der Waals surface area (Å²) in [6.07, 6.45) is 10.7. The number of fused-ring (bicyclic) bond motifs is 3. The molecule has 0 spiro atoms. The van der Waals surface area contributed by atoms with Gasteiger partial charge in [0, 0.05) is 48.2 Å². The molecule has 4 aromatic rings. The van der Waals surface area contributed by atoms with Crippen molar-refractivity contribution in [3.63, 3.8) is 0 Å². The fourth-order valence-electron chi connectivity index (χ4n) is 10.5. The zero-order valence-corrected chi connectivity index (χ0v) is 38.4. The van der Waals surface area contributed by atoms with Crippen molar-refractivity contribution in [1.82, 2.24) is 4.90 Å². The van der Waals surface area contributed by atoms with Gasteiger partial charge >= 0.3 is 6.09 Å². The number of nitrogens with zero attached hydrogens (tertiary/aromatic N) is 2. The van der Waals surface area contributed by atoms with Crippen molar-refractivity contribution in [1.29, 1.82) is 0 Å². The molecule has 1 saturated heterocycles. The Kier molecular flexibility index (Phi) is 16.2. The van der Waals surface area contributed by atoms with Gasteiger partial charge in [-0.25, -0.2) is 4.79 Å². The average molecular weight is 905 g/mol. The zero-order chi connectivity index (χ0) is 45.0. The third-order valence-electron chi connectivity index (χ3n) is 13.4. The molecule has 346 valence electrons. The van der Waals surface area contributed by atoms with Crippen LogP contribution in [-0.4, -0.2) is 90.9 Å². The van der Waals surface area contributed by atoms with E-state index in [1.807, 2.05) is 48.5 Å². The number of benzene rings is 4. The number of rotatable bonds is 21. The highest BCUT2D eigenvalue weighted by molar-refractivity contribution is 7.99. The van der Waals surface area contributed by atoms with E-state index in [0.29, 0.717) is 37.5 Å². The molecule has 12 heteroatoms. The topological polar surface area (TPSA) is 129 Å². The average Bonchev–Trinajstić information content (AvgIpc) is 3.35. The van der Waals surface area contributed by atoms with Crippen LogP contribution in [0, 0.1) is 17.8 Å². The number of hydrogen-bond acceptors (Lipinski definition) is 11. The second kappa shape index (κ2) is 22.6. The van der Waals surface area contributed by atoms with E-state index in [0.717, 1.165) is 83.9 Å². The largest absolute Gasteiger partial charge is 0.493 e. The number of unbranched alkanes of at least 4 members (excludes halogenated alkanes) is 2. The molecule has 2 aliphatic heterocycles. The molecular formula is C53H64N2O9S. The molecule has 4 aromatic carbocycles. The van der Waals surface area contributed by atoms with Crippen LogP contribution < -0.4 is 9.47 Å². The first kappa shape index (κ1) is 46.7. The van der Waals surface area contributed by atoms with Gasteiger partial charge in [0.1, 0.15) is 17.5 Å². The van der Waals surface area contributed by atoms with Gasteiger partial charge in [0.05, 0.1) is 45.1 Å². The van der Waals surface area contributed by atoms with Crippen LogP contribution in [0.25, 0.3) is 10.8 Å². The summed E-state index contributed by atoms with van der Waals surface area (Å²) in [6.45, 7) is 5.78. The monoisotopic (exact) mass is 904 g/mol. The number of ether oxygens (including phenoxy) is 5. The molecular weight excluding hydrogens is 841 g/mol. The van der Waals surface area contributed by atoms with Gasteiger partial charge in [-0.1, -0.05) is 90.8 Å². The predicted octanol–water partition coefficient (Wildman–Crippen LogP) is 10.4. The summed E-state index contributed by atoms with van der Waals surface area (Å²) in [5, 5.41) is 27.1. The van der Waals surface area contributed by atoms with Gasteiger partial charge in [0.25, 0.3) is 0 Å². The molecule has 0 bridgehead atoms. The lowest BCUT2D eigenvalue weighted by Crippen LogP contribution is -2.70. The Balaban J connectivity index is 1.29. The molecule has 7 atom stereocenters. The smallest absolute Gasteiger partial charge is 0.410 e. The summed E-state index contributed by atoms with van der Waals surface area (Å²) in [4.78, 5) is 23.8. The third kappa shape index (κ3) is 10.6. The molecule has 0 radical (unpaired) electrons.